The molecule has 0 aliphatic heterocycles. The Balaban J connectivity index is 1.82. The average Bonchev–Trinajstić information content (AvgIpc) is 3.13. The molecule has 2 N–H and O–H groups in total. The molecule has 0 unspecified atom stereocenters. The maximum absolute atomic E-state index is 6.23. The second-order valence-corrected chi connectivity index (χ2v) is 8.07. The maximum Gasteiger partial charge on any atom is 0.174 e. The Morgan fingerprint density at radius 3 is 2.55 bits per heavy atom. The van der Waals surface area contributed by atoms with Crippen LogP contribution in [0.2, 0.25) is 0 Å². The Labute approximate surface area is 172 Å². The molecule has 0 atom stereocenters. The van der Waals surface area contributed by atoms with E-state index in [-0.39, 0.29) is 0 Å². The van der Waals surface area contributed by atoms with E-state index in [0.717, 1.165) is 54.1 Å². The van der Waals surface area contributed by atoms with E-state index in [2.05, 4.69) is 33.8 Å². The molecule has 0 spiro atoms. The molecular formula is C23H31N5O. The second kappa shape index (κ2) is 8.80. The van der Waals surface area contributed by atoms with Crippen molar-refractivity contribution in [2.75, 3.05) is 12.8 Å². The molecule has 1 aliphatic rings. The lowest BCUT2D eigenvalue weighted by molar-refractivity contribution is 0.414. The van der Waals surface area contributed by atoms with Gasteiger partial charge in [-0.1, -0.05) is 44.7 Å². The second-order valence-electron chi connectivity index (χ2n) is 8.07. The van der Waals surface area contributed by atoms with Crippen molar-refractivity contribution in [3.8, 4) is 5.75 Å². The lowest BCUT2D eigenvalue weighted by Crippen LogP contribution is -2.13. The lowest BCUT2D eigenvalue weighted by Gasteiger charge is -2.22. The predicted octanol–water partition coefficient (Wildman–Crippen LogP) is 4.86. The van der Waals surface area contributed by atoms with Crippen LogP contribution in [0.25, 0.3) is 11.0 Å². The number of methoxy groups -OCH3 is 1. The van der Waals surface area contributed by atoms with Crippen molar-refractivity contribution in [3.63, 3.8) is 0 Å². The smallest absolute Gasteiger partial charge is 0.174 e. The molecule has 6 nitrogen and oxygen atoms in total. The van der Waals surface area contributed by atoms with Crippen LogP contribution in [0.5, 0.6) is 5.75 Å². The van der Waals surface area contributed by atoms with Gasteiger partial charge in [-0.3, -0.25) is 0 Å². The van der Waals surface area contributed by atoms with Crippen LogP contribution in [0.3, 0.4) is 0 Å². The Morgan fingerprint density at radius 2 is 1.86 bits per heavy atom. The van der Waals surface area contributed by atoms with Gasteiger partial charge in [-0.15, -0.1) is 5.10 Å². The van der Waals surface area contributed by atoms with Gasteiger partial charge in [0.2, 0.25) is 0 Å². The van der Waals surface area contributed by atoms with Crippen molar-refractivity contribution >= 4 is 16.9 Å². The highest BCUT2D eigenvalue weighted by molar-refractivity contribution is 5.87. The van der Waals surface area contributed by atoms with E-state index in [9.17, 15) is 0 Å². The van der Waals surface area contributed by atoms with Crippen LogP contribution >= 0.6 is 0 Å². The molecule has 2 heterocycles. The highest BCUT2D eigenvalue weighted by Gasteiger charge is 2.25. The number of nitrogen functional groups attached to an aromatic ring is 1. The summed E-state index contributed by atoms with van der Waals surface area (Å²) in [4.78, 5) is 4.95. The number of aryl methyl sites for hydroxylation is 1. The number of nitrogens with two attached hydrogens (primary N) is 1. The zero-order valence-corrected chi connectivity index (χ0v) is 17.5. The summed E-state index contributed by atoms with van der Waals surface area (Å²) in [6.07, 6.45) is 9.34. The quantitative estimate of drug-likeness (QED) is 0.620. The summed E-state index contributed by atoms with van der Waals surface area (Å²) in [6, 6.07) is 8.26. The van der Waals surface area contributed by atoms with E-state index in [1.807, 2.05) is 12.1 Å². The highest BCUT2D eigenvalue weighted by atomic mass is 16.5. The van der Waals surface area contributed by atoms with E-state index in [0.29, 0.717) is 11.7 Å². The first-order valence-electron chi connectivity index (χ1n) is 10.8. The molecule has 154 valence electrons. The van der Waals surface area contributed by atoms with Crippen molar-refractivity contribution in [3.05, 3.63) is 41.3 Å². The summed E-state index contributed by atoms with van der Waals surface area (Å²) in [5.41, 5.74) is 10.4. The van der Waals surface area contributed by atoms with Gasteiger partial charge in [0.05, 0.1) is 18.3 Å². The number of ether oxygens (including phenoxy) is 1. The van der Waals surface area contributed by atoms with Crippen LogP contribution in [0.4, 0.5) is 5.82 Å². The molecule has 0 amide bonds. The molecule has 0 bridgehead atoms. The van der Waals surface area contributed by atoms with Gasteiger partial charge in [0.25, 0.3) is 0 Å². The van der Waals surface area contributed by atoms with E-state index in [1.54, 1.807) is 7.11 Å². The fraction of sp³-hybridized carbons (Fsp3) is 0.522. The fourth-order valence-electron chi connectivity index (χ4n) is 4.40. The third-order valence-electron chi connectivity index (χ3n) is 6.04. The van der Waals surface area contributed by atoms with Gasteiger partial charge >= 0.3 is 0 Å². The molecule has 4 rings (SSSR count). The van der Waals surface area contributed by atoms with Crippen LogP contribution in [-0.2, 0) is 13.0 Å². The van der Waals surface area contributed by atoms with Crippen LogP contribution in [-0.4, -0.2) is 26.9 Å². The summed E-state index contributed by atoms with van der Waals surface area (Å²) < 4.78 is 7.65. The standard InChI is InChI=1S/C23H31N5O/c1-3-4-10-19-25-21-22(28(19)15-16-11-13-18(29-2)14-12-16)20(26-27-23(21)24)17-8-6-5-7-9-17/h11-14,17H,3-10,15H2,1-2H3,(H2,24,27). The largest absolute Gasteiger partial charge is 0.497 e. The predicted molar refractivity (Wildman–Crippen MR) is 116 cm³/mol. The molecule has 1 saturated carbocycles. The number of aromatic nitrogens is 4. The molecule has 6 heteroatoms. The van der Waals surface area contributed by atoms with Gasteiger partial charge in [-0.05, 0) is 37.0 Å². The van der Waals surface area contributed by atoms with Crippen LogP contribution < -0.4 is 10.5 Å². The van der Waals surface area contributed by atoms with Gasteiger partial charge in [0.1, 0.15) is 17.1 Å². The lowest BCUT2D eigenvalue weighted by atomic mass is 9.86. The molecule has 0 radical (unpaired) electrons. The number of rotatable bonds is 7. The van der Waals surface area contributed by atoms with E-state index < -0.39 is 0 Å². The number of fused-ring (bicyclic) bond motifs is 1. The van der Waals surface area contributed by atoms with Crippen molar-refractivity contribution in [2.45, 2.75) is 70.8 Å². The average molecular weight is 394 g/mol. The topological polar surface area (TPSA) is 78.9 Å². The van der Waals surface area contributed by atoms with Crippen LogP contribution in [0, 0.1) is 0 Å². The minimum absolute atomic E-state index is 0.436. The number of nitrogens with zero attached hydrogens (tertiary/aromatic N) is 4. The molecule has 1 fully saturated rings. The summed E-state index contributed by atoms with van der Waals surface area (Å²) in [6.45, 7) is 2.96. The molecule has 29 heavy (non-hydrogen) atoms. The number of hydrogen-bond acceptors (Lipinski definition) is 5. The summed E-state index contributed by atoms with van der Waals surface area (Å²) in [7, 11) is 1.69. The van der Waals surface area contributed by atoms with E-state index in [1.165, 1.54) is 37.7 Å². The number of unbranched alkanes of at least 4 members (excludes halogenated alkanes) is 1. The third kappa shape index (κ3) is 4.07. The Kier molecular flexibility index (Phi) is 5.97. The van der Waals surface area contributed by atoms with Gasteiger partial charge in [-0.2, -0.15) is 5.10 Å². The number of benzene rings is 1. The monoisotopic (exact) mass is 393 g/mol. The summed E-state index contributed by atoms with van der Waals surface area (Å²) >= 11 is 0. The Morgan fingerprint density at radius 1 is 1.10 bits per heavy atom. The maximum atomic E-state index is 6.23. The summed E-state index contributed by atoms with van der Waals surface area (Å²) in [5.74, 6) is 2.83. The molecule has 2 aromatic heterocycles. The van der Waals surface area contributed by atoms with Crippen LogP contribution in [0.1, 0.15) is 74.9 Å². The van der Waals surface area contributed by atoms with E-state index >= 15 is 0 Å². The molecule has 1 aliphatic carbocycles. The van der Waals surface area contributed by atoms with Gasteiger partial charge in [-0.25, -0.2) is 4.98 Å². The van der Waals surface area contributed by atoms with Crippen molar-refractivity contribution in [2.24, 2.45) is 0 Å². The first-order chi connectivity index (χ1) is 14.2. The first kappa shape index (κ1) is 19.7. The number of anilines is 1. The molecule has 1 aromatic carbocycles. The highest BCUT2D eigenvalue weighted by Crippen LogP contribution is 2.36. The molecule has 3 aromatic rings. The first-order valence-corrected chi connectivity index (χ1v) is 10.8. The SMILES string of the molecule is CCCCc1nc2c(N)nnc(C3CCCCC3)c2n1Cc1ccc(OC)cc1. The van der Waals surface area contributed by atoms with Gasteiger partial charge in [0.15, 0.2) is 5.82 Å². The minimum atomic E-state index is 0.436. The molecule has 0 saturated heterocycles. The van der Waals surface area contributed by atoms with E-state index in [4.69, 9.17) is 15.5 Å². The Bertz CT molecular complexity index is 958. The zero-order chi connectivity index (χ0) is 20.2. The van der Waals surface area contributed by atoms with Crippen LogP contribution in [0.15, 0.2) is 24.3 Å². The zero-order valence-electron chi connectivity index (χ0n) is 17.5. The van der Waals surface area contributed by atoms with Crippen molar-refractivity contribution in [1.29, 1.82) is 0 Å². The minimum Gasteiger partial charge on any atom is -0.497 e. The third-order valence-corrected chi connectivity index (χ3v) is 6.04. The number of hydrogen-bond donors (Lipinski definition) is 1. The van der Waals surface area contributed by atoms with Crippen molar-refractivity contribution in [1.82, 2.24) is 19.7 Å². The van der Waals surface area contributed by atoms with Crippen molar-refractivity contribution < 1.29 is 4.74 Å². The molecular weight excluding hydrogens is 362 g/mol. The van der Waals surface area contributed by atoms with Gasteiger partial charge in [0, 0.05) is 18.9 Å². The summed E-state index contributed by atoms with van der Waals surface area (Å²) in [5, 5.41) is 8.88. The Hall–Kier alpha value is -2.63. The normalized spacial score (nSPS) is 15.1. The van der Waals surface area contributed by atoms with Gasteiger partial charge < -0.3 is 15.0 Å². The number of imidazole rings is 1. The fourth-order valence-corrected chi connectivity index (χ4v) is 4.40.